The van der Waals surface area contributed by atoms with Gasteiger partial charge in [-0.3, -0.25) is 9.69 Å². The molecule has 2 aliphatic heterocycles. The van der Waals surface area contributed by atoms with Gasteiger partial charge in [-0.05, 0) is 43.6 Å². The fourth-order valence-corrected chi connectivity index (χ4v) is 5.32. The predicted octanol–water partition coefficient (Wildman–Crippen LogP) is 0.950. The van der Waals surface area contributed by atoms with Crippen molar-refractivity contribution in [3.8, 4) is 0 Å². The fraction of sp³-hybridized carbons (Fsp3) is 0.611. The summed E-state index contributed by atoms with van der Waals surface area (Å²) in [7, 11) is -3.27. The summed E-state index contributed by atoms with van der Waals surface area (Å²) in [6, 6.07) is 6.71. The first-order valence-corrected chi connectivity index (χ1v) is 10.8. The third-order valence-corrected chi connectivity index (χ3v) is 6.65. The first kappa shape index (κ1) is 18.4. The van der Waals surface area contributed by atoms with Crippen LogP contribution >= 0.6 is 0 Å². The summed E-state index contributed by atoms with van der Waals surface area (Å²) >= 11 is 0. The van der Waals surface area contributed by atoms with Crippen LogP contribution < -0.4 is 5.32 Å². The molecule has 1 aromatic rings. The Morgan fingerprint density at radius 3 is 2.52 bits per heavy atom. The van der Waals surface area contributed by atoms with Crippen LogP contribution in [0.15, 0.2) is 24.3 Å². The number of hydrogen-bond donors (Lipinski definition) is 2. The Labute approximate surface area is 149 Å². The summed E-state index contributed by atoms with van der Waals surface area (Å²) in [5.74, 6) is -0.820. The molecule has 138 valence electrons. The number of rotatable bonds is 4. The predicted molar refractivity (Wildman–Crippen MR) is 96.1 cm³/mol. The van der Waals surface area contributed by atoms with E-state index in [-0.39, 0.29) is 17.4 Å². The molecule has 25 heavy (non-hydrogen) atoms. The Morgan fingerprint density at radius 2 is 1.88 bits per heavy atom. The topological polar surface area (TPSA) is 86.7 Å². The molecule has 0 radical (unpaired) electrons. The number of hydrogen-bond acceptors (Lipinski definition) is 5. The Morgan fingerprint density at radius 1 is 1.16 bits per heavy atom. The van der Waals surface area contributed by atoms with Gasteiger partial charge >= 0.3 is 0 Å². The van der Waals surface area contributed by atoms with Crippen LogP contribution in [0.1, 0.15) is 41.6 Å². The summed E-state index contributed by atoms with van der Waals surface area (Å²) in [5.41, 5.74) is 1.58. The quantitative estimate of drug-likeness (QED) is 0.829. The number of aliphatic hydroxyl groups excluding tert-OH is 1. The number of sulfone groups is 1. The summed E-state index contributed by atoms with van der Waals surface area (Å²) in [6.45, 7) is 2.99. The maximum Gasteiger partial charge on any atom is 0.251 e. The van der Waals surface area contributed by atoms with E-state index in [1.807, 2.05) is 18.2 Å². The summed E-state index contributed by atoms with van der Waals surface area (Å²) in [5, 5.41) is 12.5. The second-order valence-electron chi connectivity index (χ2n) is 7.11. The fourth-order valence-electron chi connectivity index (χ4n) is 3.58. The lowest BCUT2D eigenvalue weighted by Crippen LogP contribution is -2.42. The number of carbonyl (C=O) groups excluding carboxylic acids is 1. The molecule has 3 rings (SSSR count). The molecule has 0 unspecified atom stereocenters. The van der Waals surface area contributed by atoms with Crippen molar-refractivity contribution < 1.29 is 18.3 Å². The van der Waals surface area contributed by atoms with Gasteiger partial charge in [-0.2, -0.15) is 0 Å². The second kappa shape index (κ2) is 7.85. The molecule has 0 bridgehead atoms. The van der Waals surface area contributed by atoms with Gasteiger partial charge in [-0.25, -0.2) is 8.42 Å². The highest BCUT2D eigenvalue weighted by Crippen LogP contribution is 2.16. The average Bonchev–Trinajstić information content (AvgIpc) is 2.73. The van der Waals surface area contributed by atoms with Crippen LogP contribution in [0.3, 0.4) is 0 Å². The number of benzene rings is 1. The molecule has 6 nitrogen and oxygen atoms in total. The molecular formula is C18H26N2O4S. The van der Waals surface area contributed by atoms with Crippen LogP contribution in [0.4, 0.5) is 0 Å². The molecule has 0 saturated carbocycles. The lowest BCUT2D eigenvalue weighted by atomic mass is 10.1. The molecule has 2 aliphatic rings. The van der Waals surface area contributed by atoms with Crippen LogP contribution in [0.2, 0.25) is 0 Å². The van der Waals surface area contributed by atoms with E-state index in [4.69, 9.17) is 0 Å². The molecule has 0 aliphatic carbocycles. The molecule has 0 aromatic heterocycles. The molecule has 2 fully saturated rings. The van der Waals surface area contributed by atoms with Gasteiger partial charge in [0.2, 0.25) is 0 Å². The molecule has 2 atom stereocenters. The molecule has 1 aromatic carbocycles. The molecule has 2 heterocycles. The van der Waals surface area contributed by atoms with E-state index in [1.54, 1.807) is 6.07 Å². The van der Waals surface area contributed by atoms with Crippen LogP contribution in [0.25, 0.3) is 0 Å². The maximum absolute atomic E-state index is 12.4. The highest BCUT2D eigenvalue weighted by atomic mass is 32.2. The van der Waals surface area contributed by atoms with E-state index < -0.39 is 22.0 Å². The number of amides is 1. The third kappa shape index (κ3) is 5.03. The van der Waals surface area contributed by atoms with E-state index >= 15 is 0 Å². The zero-order valence-corrected chi connectivity index (χ0v) is 15.2. The number of likely N-dealkylation sites (tertiary alicyclic amines) is 1. The smallest absolute Gasteiger partial charge is 0.251 e. The van der Waals surface area contributed by atoms with Gasteiger partial charge in [-0.15, -0.1) is 0 Å². The van der Waals surface area contributed by atoms with Crippen molar-refractivity contribution in [3.05, 3.63) is 35.4 Å². The Bertz CT molecular complexity index is 712. The average molecular weight is 366 g/mol. The SMILES string of the molecule is O=C(N[C@@H]1CS(=O)(=O)C[C@H]1O)c1cccc(CN2CCCCCC2)c1. The van der Waals surface area contributed by atoms with Crippen molar-refractivity contribution in [2.45, 2.75) is 44.4 Å². The van der Waals surface area contributed by atoms with Crippen molar-refractivity contribution in [3.63, 3.8) is 0 Å². The van der Waals surface area contributed by atoms with E-state index in [0.29, 0.717) is 5.56 Å². The van der Waals surface area contributed by atoms with Crippen molar-refractivity contribution in [1.82, 2.24) is 10.2 Å². The second-order valence-corrected chi connectivity index (χ2v) is 9.27. The minimum atomic E-state index is -3.27. The highest BCUT2D eigenvalue weighted by Gasteiger charge is 2.37. The number of nitrogens with zero attached hydrogens (tertiary/aromatic N) is 1. The summed E-state index contributed by atoms with van der Waals surface area (Å²) in [4.78, 5) is 14.8. The zero-order valence-electron chi connectivity index (χ0n) is 14.4. The molecule has 0 spiro atoms. The zero-order chi connectivity index (χ0) is 17.9. The number of aliphatic hydroxyl groups is 1. The van der Waals surface area contributed by atoms with Crippen LogP contribution in [-0.4, -0.2) is 61.1 Å². The van der Waals surface area contributed by atoms with E-state index in [9.17, 15) is 18.3 Å². The number of nitrogens with one attached hydrogen (secondary N) is 1. The van der Waals surface area contributed by atoms with Gasteiger partial charge in [-0.1, -0.05) is 25.0 Å². The van der Waals surface area contributed by atoms with Crippen LogP contribution in [0.5, 0.6) is 0 Å². The van der Waals surface area contributed by atoms with Crippen LogP contribution in [-0.2, 0) is 16.4 Å². The molecule has 1 amide bonds. The summed E-state index contributed by atoms with van der Waals surface area (Å²) < 4.78 is 23.1. The first-order chi connectivity index (χ1) is 11.9. The minimum absolute atomic E-state index is 0.201. The van der Waals surface area contributed by atoms with Crippen molar-refractivity contribution in [2.24, 2.45) is 0 Å². The molecule has 2 saturated heterocycles. The number of carbonyl (C=O) groups is 1. The normalized spacial score (nSPS) is 26.9. The van der Waals surface area contributed by atoms with E-state index in [1.165, 1.54) is 25.7 Å². The molecule has 7 heteroatoms. The monoisotopic (exact) mass is 366 g/mol. The van der Waals surface area contributed by atoms with Crippen molar-refractivity contribution in [1.29, 1.82) is 0 Å². The van der Waals surface area contributed by atoms with E-state index in [0.717, 1.165) is 25.2 Å². The van der Waals surface area contributed by atoms with Gasteiger partial charge in [0.25, 0.3) is 5.91 Å². The minimum Gasteiger partial charge on any atom is -0.390 e. The lowest BCUT2D eigenvalue weighted by Gasteiger charge is -2.20. The van der Waals surface area contributed by atoms with Crippen molar-refractivity contribution >= 4 is 15.7 Å². The lowest BCUT2D eigenvalue weighted by molar-refractivity contribution is 0.0888. The first-order valence-electron chi connectivity index (χ1n) is 8.94. The Balaban J connectivity index is 1.63. The van der Waals surface area contributed by atoms with Crippen molar-refractivity contribution in [2.75, 3.05) is 24.6 Å². The summed E-state index contributed by atoms with van der Waals surface area (Å²) in [6.07, 6.45) is 3.97. The maximum atomic E-state index is 12.4. The molecular weight excluding hydrogens is 340 g/mol. The largest absolute Gasteiger partial charge is 0.390 e. The standard InChI is InChI=1S/C18H26N2O4S/c21-17-13-25(23,24)12-16(17)19-18(22)15-7-5-6-14(10-15)11-20-8-3-1-2-4-9-20/h5-7,10,16-17,21H,1-4,8-9,11-13H2,(H,19,22)/t16-,17-/m1/s1. The van der Waals surface area contributed by atoms with Gasteiger partial charge in [0.05, 0.1) is 23.7 Å². The van der Waals surface area contributed by atoms with Gasteiger partial charge < -0.3 is 10.4 Å². The van der Waals surface area contributed by atoms with Gasteiger partial charge in [0.1, 0.15) is 0 Å². The van der Waals surface area contributed by atoms with E-state index in [2.05, 4.69) is 10.2 Å². The van der Waals surface area contributed by atoms with Crippen LogP contribution in [0, 0.1) is 0 Å². The highest BCUT2D eigenvalue weighted by molar-refractivity contribution is 7.91. The van der Waals surface area contributed by atoms with Gasteiger partial charge in [0, 0.05) is 12.1 Å². The Hall–Kier alpha value is -1.44. The molecule has 2 N–H and O–H groups in total. The Kier molecular flexibility index (Phi) is 5.76. The third-order valence-electron chi connectivity index (χ3n) is 4.93. The van der Waals surface area contributed by atoms with Gasteiger partial charge in [0.15, 0.2) is 9.84 Å².